The smallest absolute Gasteiger partial charge is 0.405 e. The highest BCUT2D eigenvalue weighted by Crippen LogP contribution is 2.33. The summed E-state index contributed by atoms with van der Waals surface area (Å²) < 4.78 is 39.9. The van der Waals surface area contributed by atoms with E-state index in [9.17, 15) is 18.0 Å². The minimum Gasteiger partial charge on any atom is -0.405 e. The van der Waals surface area contributed by atoms with Gasteiger partial charge in [0.05, 0.1) is 3.57 Å². The Kier molecular flexibility index (Phi) is 4.06. The molecule has 0 fully saturated rings. The monoisotopic (exact) mass is 364 g/mol. The number of hydrogen-bond donors (Lipinski definition) is 0. The number of benzene rings is 1. The average molecular weight is 364 g/mol. The van der Waals surface area contributed by atoms with E-state index < -0.39 is 12.1 Å². The highest BCUT2D eigenvalue weighted by molar-refractivity contribution is 14.1. The standard InChI is InChI=1S/C9H5ClF3IO2/c1-4(15)6-2-5(10)3-7(8(6)14)16-9(11,12)13/h2-3H,1H3. The Labute approximate surface area is 108 Å². The first kappa shape index (κ1) is 13.6. The molecular formula is C9H5ClF3IO2. The van der Waals surface area contributed by atoms with Gasteiger partial charge in [0, 0.05) is 16.7 Å². The van der Waals surface area contributed by atoms with Crippen LogP contribution in [0.4, 0.5) is 13.2 Å². The van der Waals surface area contributed by atoms with Gasteiger partial charge in [0.1, 0.15) is 5.75 Å². The van der Waals surface area contributed by atoms with Crippen molar-refractivity contribution in [2.75, 3.05) is 0 Å². The topological polar surface area (TPSA) is 26.3 Å². The molecule has 7 heteroatoms. The number of rotatable bonds is 2. The van der Waals surface area contributed by atoms with Crippen molar-refractivity contribution in [2.45, 2.75) is 13.3 Å². The number of Topliss-reactive ketones (excluding diaryl/α,β-unsaturated/α-hetero) is 1. The molecule has 0 aliphatic rings. The Morgan fingerprint density at radius 3 is 2.44 bits per heavy atom. The van der Waals surface area contributed by atoms with Crippen molar-refractivity contribution >= 4 is 40.0 Å². The van der Waals surface area contributed by atoms with Gasteiger partial charge in [0.25, 0.3) is 0 Å². The predicted octanol–water partition coefficient (Wildman–Crippen LogP) is 4.05. The van der Waals surface area contributed by atoms with Gasteiger partial charge >= 0.3 is 6.36 Å². The van der Waals surface area contributed by atoms with Crippen molar-refractivity contribution in [1.82, 2.24) is 0 Å². The third-order valence-electron chi connectivity index (χ3n) is 1.61. The number of ketones is 1. The van der Waals surface area contributed by atoms with Crippen LogP contribution in [0, 0.1) is 3.57 Å². The number of ether oxygens (including phenoxy) is 1. The van der Waals surface area contributed by atoms with E-state index in [-0.39, 0.29) is 19.9 Å². The quantitative estimate of drug-likeness (QED) is 0.585. The fourth-order valence-electron chi connectivity index (χ4n) is 1.02. The second-order valence-electron chi connectivity index (χ2n) is 2.87. The molecule has 1 rings (SSSR count). The molecule has 0 amide bonds. The molecule has 1 aromatic rings. The number of carbonyl (C=O) groups excluding carboxylic acids is 1. The van der Waals surface area contributed by atoms with Crippen molar-refractivity contribution in [2.24, 2.45) is 0 Å². The van der Waals surface area contributed by atoms with Gasteiger partial charge in [-0.25, -0.2) is 0 Å². The van der Waals surface area contributed by atoms with Crippen LogP contribution in [0.5, 0.6) is 5.75 Å². The van der Waals surface area contributed by atoms with E-state index in [1.165, 1.54) is 13.0 Å². The van der Waals surface area contributed by atoms with Gasteiger partial charge in [-0.2, -0.15) is 0 Å². The Balaban J connectivity index is 3.25. The van der Waals surface area contributed by atoms with Crippen LogP contribution in [0.1, 0.15) is 17.3 Å². The summed E-state index contributed by atoms with van der Waals surface area (Å²) in [6.45, 7) is 1.24. The normalized spacial score (nSPS) is 11.4. The van der Waals surface area contributed by atoms with Crippen LogP contribution in [-0.2, 0) is 0 Å². The molecule has 0 radical (unpaired) electrons. The molecule has 0 aliphatic carbocycles. The molecular weight excluding hydrogens is 359 g/mol. The van der Waals surface area contributed by atoms with Gasteiger partial charge in [0.2, 0.25) is 0 Å². The predicted molar refractivity (Wildman–Crippen MR) is 60.9 cm³/mol. The molecule has 0 atom stereocenters. The largest absolute Gasteiger partial charge is 0.573 e. The lowest BCUT2D eigenvalue weighted by molar-refractivity contribution is -0.274. The number of alkyl halides is 3. The minimum atomic E-state index is -4.81. The van der Waals surface area contributed by atoms with E-state index in [2.05, 4.69) is 4.74 Å². The molecule has 0 N–H and O–H groups in total. The van der Waals surface area contributed by atoms with Crippen LogP contribution in [0.2, 0.25) is 5.02 Å². The number of carbonyl (C=O) groups is 1. The van der Waals surface area contributed by atoms with E-state index >= 15 is 0 Å². The number of hydrogen-bond acceptors (Lipinski definition) is 2. The lowest BCUT2D eigenvalue weighted by atomic mass is 10.1. The molecule has 0 heterocycles. The second kappa shape index (κ2) is 4.79. The van der Waals surface area contributed by atoms with Gasteiger partial charge in [-0.05, 0) is 35.6 Å². The molecule has 0 saturated carbocycles. The highest BCUT2D eigenvalue weighted by atomic mass is 127. The maximum atomic E-state index is 12.0. The lowest BCUT2D eigenvalue weighted by Gasteiger charge is -2.12. The Hall–Kier alpha value is -0.500. The third-order valence-corrected chi connectivity index (χ3v) is 2.94. The second-order valence-corrected chi connectivity index (χ2v) is 4.38. The van der Waals surface area contributed by atoms with Gasteiger partial charge in [-0.3, -0.25) is 4.79 Å². The molecule has 0 saturated heterocycles. The van der Waals surface area contributed by atoms with Crippen LogP contribution >= 0.6 is 34.2 Å². The van der Waals surface area contributed by atoms with Crippen molar-refractivity contribution in [3.8, 4) is 5.75 Å². The van der Waals surface area contributed by atoms with E-state index in [1.54, 1.807) is 22.6 Å². The fourth-order valence-corrected chi connectivity index (χ4v) is 2.03. The summed E-state index contributed by atoms with van der Waals surface area (Å²) in [5, 5.41) is 0.0184. The maximum Gasteiger partial charge on any atom is 0.573 e. The Bertz CT molecular complexity index is 431. The first-order valence-electron chi connectivity index (χ1n) is 3.96. The average Bonchev–Trinajstić information content (AvgIpc) is 2.07. The summed E-state index contributed by atoms with van der Waals surface area (Å²) in [6.07, 6.45) is -4.81. The van der Waals surface area contributed by atoms with E-state index in [4.69, 9.17) is 11.6 Å². The molecule has 0 bridgehead atoms. The fraction of sp³-hybridized carbons (Fsp3) is 0.222. The van der Waals surface area contributed by atoms with E-state index in [0.29, 0.717) is 0 Å². The number of halogens is 5. The van der Waals surface area contributed by atoms with Crippen LogP contribution in [-0.4, -0.2) is 12.1 Å². The molecule has 2 nitrogen and oxygen atoms in total. The molecule has 0 spiro atoms. The van der Waals surface area contributed by atoms with Gasteiger partial charge in [0.15, 0.2) is 5.78 Å². The SMILES string of the molecule is CC(=O)c1cc(Cl)cc(OC(F)(F)F)c1I. The zero-order chi connectivity index (χ0) is 12.5. The Morgan fingerprint density at radius 1 is 1.44 bits per heavy atom. The van der Waals surface area contributed by atoms with E-state index in [0.717, 1.165) is 6.07 Å². The van der Waals surface area contributed by atoms with Gasteiger partial charge in [-0.15, -0.1) is 13.2 Å². The van der Waals surface area contributed by atoms with Crippen LogP contribution in [0.25, 0.3) is 0 Å². The lowest BCUT2D eigenvalue weighted by Crippen LogP contribution is -2.18. The molecule has 16 heavy (non-hydrogen) atoms. The zero-order valence-corrected chi connectivity index (χ0v) is 10.8. The summed E-state index contributed by atoms with van der Waals surface area (Å²) in [7, 11) is 0. The zero-order valence-electron chi connectivity index (χ0n) is 7.86. The van der Waals surface area contributed by atoms with Crippen LogP contribution in [0.15, 0.2) is 12.1 Å². The van der Waals surface area contributed by atoms with Crippen molar-refractivity contribution in [1.29, 1.82) is 0 Å². The molecule has 0 unspecified atom stereocenters. The van der Waals surface area contributed by atoms with Gasteiger partial charge in [-0.1, -0.05) is 11.6 Å². The van der Waals surface area contributed by atoms with Gasteiger partial charge < -0.3 is 4.74 Å². The highest BCUT2D eigenvalue weighted by Gasteiger charge is 2.32. The first-order valence-corrected chi connectivity index (χ1v) is 5.42. The van der Waals surface area contributed by atoms with Crippen LogP contribution < -0.4 is 4.74 Å². The third kappa shape index (κ3) is 3.51. The molecule has 0 aromatic heterocycles. The van der Waals surface area contributed by atoms with E-state index in [1.807, 2.05) is 0 Å². The van der Waals surface area contributed by atoms with Crippen molar-refractivity contribution in [3.05, 3.63) is 26.3 Å². The summed E-state index contributed by atoms with van der Waals surface area (Å²) >= 11 is 7.20. The summed E-state index contributed by atoms with van der Waals surface area (Å²) in [4.78, 5) is 11.1. The maximum absolute atomic E-state index is 12.0. The molecule has 88 valence electrons. The van der Waals surface area contributed by atoms with Crippen molar-refractivity contribution in [3.63, 3.8) is 0 Å². The summed E-state index contributed by atoms with van der Waals surface area (Å²) in [5.74, 6) is -0.843. The first-order chi connectivity index (χ1) is 7.20. The minimum absolute atomic E-state index is 0.0184. The molecule has 0 aliphatic heterocycles. The van der Waals surface area contributed by atoms with Crippen LogP contribution in [0.3, 0.4) is 0 Å². The Morgan fingerprint density at radius 2 is 2.00 bits per heavy atom. The summed E-state index contributed by atoms with van der Waals surface area (Å²) in [5.41, 5.74) is 0.104. The molecule has 1 aromatic carbocycles. The summed E-state index contributed by atoms with van der Waals surface area (Å²) in [6, 6.07) is 2.32. The van der Waals surface area contributed by atoms with Crippen molar-refractivity contribution < 1.29 is 22.7 Å².